The molecule has 0 saturated carbocycles. The maximum Gasteiger partial charge on any atom is 0.195 e. The van der Waals surface area contributed by atoms with Crippen LogP contribution < -0.4 is 5.32 Å². The van der Waals surface area contributed by atoms with E-state index < -0.39 is 17.5 Å². The summed E-state index contributed by atoms with van der Waals surface area (Å²) in [7, 11) is 1.78. The normalized spacial score (nSPS) is 12.5. The summed E-state index contributed by atoms with van der Waals surface area (Å²) in [6.07, 6.45) is 0. The highest BCUT2D eigenvalue weighted by Gasteiger charge is 2.18. The van der Waals surface area contributed by atoms with Gasteiger partial charge in [-0.25, -0.2) is 13.2 Å². The van der Waals surface area contributed by atoms with Crippen molar-refractivity contribution in [2.75, 3.05) is 7.05 Å². The highest BCUT2D eigenvalue weighted by atomic mass is 19.2. The van der Waals surface area contributed by atoms with Crippen molar-refractivity contribution in [3.63, 3.8) is 0 Å². The van der Waals surface area contributed by atoms with Crippen LogP contribution in [0, 0.1) is 17.5 Å². The Kier molecular flexibility index (Phi) is 3.90. The van der Waals surface area contributed by atoms with Crippen molar-refractivity contribution in [2.24, 2.45) is 0 Å². The van der Waals surface area contributed by atoms with E-state index >= 15 is 0 Å². The van der Waals surface area contributed by atoms with Crippen LogP contribution in [0.4, 0.5) is 13.2 Å². The van der Waals surface area contributed by atoms with Gasteiger partial charge in [-0.2, -0.15) is 0 Å². The van der Waals surface area contributed by atoms with Crippen molar-refractivity contribution in [1.29, 1.82) is 0 Å². The fraction of sp³-hybridized carbons (Fsp3) is 0.200. The van der Waals surface area contributed by atoms with Crippen molar-refractivity contribution >= 4 is 0 Å². The second kappa shape index (κ2) is 5.45. The molecule has 2 rings (SSSR count). The summed E-state index contributed by atoms with van der Waals surface area (Å²) < 4.78 is 40.2. The molecule has 1 unspecified atom stereocenters. The minimum atomic E-state index is -1.44. The van der Waals surface area contributed by atoms with Crippen molar-refractivity contribution in [3.05, 3.63) is 59.4 Å². The minimum Gasteiger partial charge on any atom is -0.313 e. The molecule has 0 aliphatic rings. The fourth-order valence-corrected chi connectivity index (χ4v) is 2.01. The standard InChI is InChI=1S/C15H14F3N/c1-9(19-2)10-5-3-4-6-11(10)12-7-8-13(16)15(18)14(12)17/h3-9,19H,1-2H3. The molecule has 19 heavy (non-hydrogen) atoms. The highest BCUT2D eigenvalue weighted by molar-refractivity contribution is 5.68. The Hall–Kier alpha value is -1.81. The first-order valence-corrected chi connectivity index (χ1v) is 5.96. The van der Waals surface area contributed by atoms with Crippen molar-refractivity contribution < 1.29 is 13.2 Å². The third-order valence-electron chi connectivity index (χ3n) is 3.19. The van der Waals surface area contributed by atoms with Gasteiger partial charge in [0.15, 0.2) is 17.5 Å². The minimum absolute atomic E-state index is 0.0243. The summed E-state index contributed by atoms with van der Waals surface area (Å²) in [6, 6.07) is 9.26. The molecule has 1 nitrogen and oxygen atoms in total. The molecule has 100 valence electrons. The Balaban J connectivity index is 2.63. The molecule has 0 amide bonds. The van der Waals surface area contributed by atoms with E-state index in [9.17, 15) is 13.2 Å². The Morgan fingerprint density at radius 1 is 0.895 bits per heavy atom. The van der Waals surface area contributed by atoms with E-state index in [2.05, 4.69) is 5.32 Å². The molecule has 0 spiro atoms. The van der Waals surface area contributed by atoms with Gasteiger partial charge in [-0.3, -0.25) is 0 Å². The van der Waals surface area contributed by atoms with Gasteiger partial charge in [-0.05, 0) is 37.2 Å². The first-order chi connectivity index (χ1) is 9.06. The summed E-state index contributed by atoms with van der Waals surface area (Å²) in [4.78, 5) is 0. The van der Waals surface area contributed by atoms with E-state index in [0.29, 0.717) is 5.56 Å². The molecule has 2 aromatic rings. The molecule has 4 heteroatoms. The summed E-state index contributed by atoms with van der Waals surface area (Å²) in [5.74, 6) is -3.78. The average molecular weight is 265 g/mol. The zero-order valence-electron chi connectivity index (χ0n) is 10.7. The predicted octanol–water partition coefficient (Wildman–Crippen LogP) is 4.05. The van der Waals surface area contributed by atoms with Gasteiger partial charge >= 0.3 is 0 Å². The third kappa shape index (κ3) is 2.49. The van der Waals surface area contributed by atoms with Crippen LogP contribution in [0.1, 0.15) is 18.5 Å². The number of nitrogens with one attached hydrogen (secondary N) is 1. The molecule has 2 aromatic carbocycles. The molecule has 0 heterocycles. The van der Waals surface area contributed by atoms with Gasteiger partial charge in [0.05, 0.1) is 0 Å². The summed E-state index contributed by atoms with van der Waals surface area (Å²) in [5, 5.41) is 3.05. The van der Waals surface area contributed by atoms with Gasteiger partial charge in [0.2, 0.25) is 0 Å². The molecule has 0 fully saturated rings. The maximum atomic E-state index is 13.9. The number of rotatable bonds is 3. The Bertz CT molecular complexity index is 596. The van der Waals surface area contributed by atoms with E-state index in [1.54, 1.807) is 19.2 Å². The summed E-state index contributed by atoms with van der Waals surface area (Å²) in [5.41, 5.74) is 1.45. The van der Waals surface area contributed by atoms with E-state index in [1.165, 1.54) is 6.07 Å². The van der Waals surface area contributed by atoms with Crippen LogP contribution >= 0.6 is 0 Å². The van der Waals surface area contributed by atoms with E-state index in [-0.39, 0.29) is 11.6 Å². The largest absolute Gasteiger partial charge is 0.313 e. The zero-order valence-corrected chi connectivity index (χ0v) is 10.7. The van der Waals surface area contributed by atoms with Crippen LogP contribution in [0.5, 0.6) is 0 Å². The zero-order chi connectivity index (χ0) is 14.0. The lowest BCUT2D eigenvalue weighted by Crippen LogP contribution is -2.13. The van der Waals surface area contributed by atoms with Crippen LogP contribution in [0.25, 0.3) is 11.1 Å². The van der Waals surface area contributed by atoms with E-state index in [1.807, 2.05) is 19.1 Å². The molecule has 0 saturated heterocycles. The van der Waals surface area contributed by atoms with Crippen molar-refractivity contribution in [3.8, 4) is 11.1 Å². The van der Waals surface area contributed by atoms with Gasteiger partial charge < -0.3 is 5.32 Å². The Labute approximate surface area is 110 Å². The van der Waals surface area contributed by atoms with Gasteiger partial charge in [0.1, 0.15) is 0 Å². The van der Waals surface area contributed by atoms with Gasteiger partial charge in [-0.15, -0.1) is 0 Å². The van der Waals surface area contributed by atoms with Crippen LogP contribution in [0.3, 0.4) is 0 Å². The number of benzene rings is 2. The number of hydrogen-bond donors (Lipinski definition) is 1. The third-order valence-corrected chi connectivity index (χ3v) is 3.19. The van der Waals surface area contributed by atoms with Gasteiger partial charge in [-0.1, -0.05) is 24.3 Å². The van der Waals surface area contributed by atoms with Crippen LogP contribution in [0.2, 0.25) is 0 Å². The predicted molar refractivity (Wildman–Crippen MR) is 69.2 cm³/mol. The van der Waals surface area contributed by atoms with Crippen LogP contribution in [-0.2, 0) is 0 Å². The molecule has 0 aromatic heterocycles. The van der Waals surface area contributed by atoms with Gasteiger partial charge in [0, 0.05) is 11.6 Å². The van der Waals surface area contributed by atoms with Gasteiger partial charge in [0.25, 0.3) is 0 Å². The molecular weight excluding hydrogens is 251 g/mol. The maximum absolute atomic E-state index is 13.9. The second-order valence-electron chi connectivity index (χ2n) is 4.32. The molecule has 0 bridgehead atoms. The monoisotopic (exact) mass is 265 g/mol. The summed E-state index contributed by atoms with van der Waals surface area (Å²) in [6.45, 7) is 1.91. The number of halogens is 3. The first-order valence-electron chi connectivity index (χ1n) is 5.96. The van der Waals surface area contributed by atoms with Crippen molar-refractivity contribution in [2.45, 2.75) is 13.0 Å². The average Bonchev–Trinajstić information content (AvgIpc) is 2.44. The molecule has 0 aliphatic carbocycles. The topological polar surface area (TPSA) is 12.0 Å². The lowest BCUT2D eigenvalue weighted by Gasteiger charge is -2.16. The Morgan fingerprint density at radius 2 is 1.58 bits per heavy atom. The second-order valence-corrected chi connectivity index (χ2v) is 4.32. The van der Waals surface area contributed by atoms with E-state index in [4.69, 9.17) is 0 Å². The molecular formula is C15H14F3N. The lowest BCUT2D eigenvalue weighted by atomic mass is 9.95. The Morgan fingerprint density at radius 3 is 2.26 bits per heavy atom. The smallest absolute Gasteiger partial charge is 0.195 e. The highest BCUT2D eigenvalue weighted by Crippen LogP contribution is 2.31. The fourth-order valence-electron chi connectivity index (χ4n) is 2.01. The molecule has 1 atom stereocenters. The first kappa shape index (κ1) is 13.6. The molecule has 1 N–H and O–H groups in total. The quantitative estimate of drug-likeness (QED) is 0.825. The number of hydrogen-bond acceptors (Lipinski definition) is 1. The lowest BCUT2D eigenvalue weighted by molar-refractivity contribution is 0.449. The van der Waals surface area contributed by atoms with Crippen LogP contribution in [-0.4, -0.2) is 7.05 Å². The van der Waals surface area contributed by atoms with Crippen molar-refractivity contribution in [1.82, 2.24) is 5.32 Å². The SMILES string of the molecule is CNC(C)c1ccccc1-c1ccc(F)c(F)c1F. The molecule has 0 radical (unpaired) electrons. The van der Waals surface area contributed by atoms with E-state index in [0.717, 1.165) is 11.6 Å². The molecule has 0 aliphatic heterocycles. The van der Waals surface area contributed by atoms with Crippen LogP contribution in [0.15, 0.2) is 36.4 Å². The summed E-state index contributed by atoms with van der Waals surface area (Å²) >= 11 is 0.